The first kappa shape index (κ1) is 11.4. The molecule has 1 aliphatic rings. The molecule has 0 saturated carbocycles. The monoisotopic (exact) mass is 233 g/mol. The number of fused-ring (bicyclic) bond motifs is 1. The lowest BCUT2D eigenvalue weighted by Crippen LogP contribution is -2.45. The number of hydrogen-bond donors (Lipinski definition) is 1. The molecule has 1 heterocycles. The molecule has 0 saturated heterocycles. The Labute approximate surface area is 100 Å². The van der Waals surface area contributed by atoms with Crippen molar-refractivity contribution < 1.29 is 9.59 Å². The van der Waals surface area contributed by atoms with Crippen molar-refractivity contribution in [3.63, 3.8) is 0 Å². The van der Waals surface area contributed by atoms with Crippen LogP contribution in [0.5, 0.6) is 0 Å². The highest BCUT2D eigenvalue weighted by Crippen LogP contribution is 2.28. The van der Waals surface area contributed by atoms with Gasteiger partial charge in [-0.3, -0.25) is 14.5 Å². The van der Waals surface area contributed by atoms with Gasteiger partial charge in [-0.15, -0.1) is 0 Å². The maximum atomic E-state index is 11.8. The van der Waals surface area contributed by atoms with Crippen molar-refractivity contribution in [2.24, 2.45) is 0 Å². The lowest BCUT2D eigenvalue weighted by atomic mass is 10.2. The third-order valence-corrected chi connectivity index (χ3v) is 2.72. The zero-order valence-electron chi connectivity index (χ0n) is 9.93. The van der Waals surface area contributed by atoms with E-state index in [0.717, 1.165) is 11.4 Å². The number of anilines is 2. The van der Waals surface area contributed by atoms with Crippen LogP contribution in [0.15, 0.2) is 24.3 Å². The lowest BCUT2D eigenvalue weighted by molar-refractivity contribution is -0.129. The molecule has 1 aromatic rings. The maximum absolute atomic E-state index is 11.8. The minimum atomic E-state index is -0.0879. The largest absolute Gasteiger partial charge is 0.374 e. The molecule has 5 nitrogen and oxygen atoms in total. The molecule has 0 aliphatic carbocycles. The Balaban J connectivity index is 2.27. The summed E-state index contributed by atoms with van der Waals surface area (Å²) < 4.78 is 0. The predicted molar refractivity (Wildman–Crippen MR) is 66.0 cm³/mol. The molecule has 0 unspecified atom stereocenters. The van der Waals surface area contributed by atoms with Crippen LogP contribution in [0.4, 0.5) is 11.4 Å². The van der Waals surface area contributed by atoms with Crippen molar-refractivity contribution in [1.29, 1.82) is 0 Å². The van der Waals surface area contributed by atoms with Crippen LogP contribution >= 0.6 is 0 Å². The smallest absolute Gasteiger partial charge is 0.246 e. The topological polar surface area (TPSA) is 52.7 Å². The van der Waals surface area contributed by atoms with Gasteiger partial charge in [0.2, 0.25) is 11.8 Å². The quantitative estimate of drug-likeness (QED) is 0.811. The molecule has 17 heavy (non-hydrogen) atoms. The van der Waals surface area contributed by atoms with Crippen molar-refractivity contribution in [3.05, 3.63) is 24.3 Å². The normalized spacial score (nSPS) is 14.0. The Kier molecular flexibility index (Phi) is 2.99. The van der Waals surface area contributed by atoms with Crippen LogP contribution < -0.4 is 10.2 Å². The van der Waals surface area contributed by atoms with Gasteiger partial charge in [0.1, 0.15) is 6.54 Å². The summed E-state index contributed by atoms with van der Waals surface area (Å²) in [5.74, 6) is -0.172. The van der Waals surface area contributed by atoms with Gasteiger partial charge >= 0.3 is 0 Å². The van der Waals surface area contributed by atoms with E-state index in [4.69, 9.17) is 0 Å². The van der Waals surface area contributed by atoms with Crippen LogP contribution in [-0.2, 0) is 9.59 Å². The highest BCUT2D eigenvalue weighted by atomic mass is 16.2. The lowest BCUT2D eigenvalue weighted by Gasteiger charge is -2.30. The van der Waals surface area contributed by atoms with E-state index in [2.05, 4.69) is 5.32 Å². The highest BCUT2D eigenvalue weighted by Gasteiger charge is 2.25. The van der Waals surface area contributed by atoms with E-state index in [0.29, 0.717) is 0 Å². The predicted octanol–water partition coefficient (Wildman–Crippen LogP) is 0.533. The first-order chi connectivity index (χ1) is 8.09. The number of para-hydroxylation sites is 2. The zero-order valence-corrected chi connectivity index (χ0v) is 9.93. The summed E-state index contributed by atoms with van der Waals surface area (Å²) in [5.41, 5.74) is 1.65. The fourth-order valence-corrected chi connectivity index (χ4v) is 1.71. The molecule has 2 rings (SSSR count). The summed E-state index contributed by atoms with van der Waals surface area (Å²) in [6, 6.07) is 7.48. The van der Waals surface area contributed by atoms with E-state index in [-0.39, 0.29) is 24.9 Å². The fourth-order valence-electron chi connectivity index (χ4n) is 1.71. The molecule has 5 heteroatoms. The van der Waals surface area contributed by atoms with Gasteiger partial charge in [0.05, 0.1) is 17.9 Å². The van der Waals surface area contributed by atoms with Gasteiger partial charge in [0.15, 0.2) is 0 Å². The van der Waals surface area contributed by atoms with Crippen LogP contribution in [0.1, 0.15) is 0 Å². The number of benzene rings is 1. The van der Waals surface area contributed by atoms with Gasteiger partial charge in [-0.2, -0.15) is 0 Å². The molecule has 1 aromatic carbocycles. The average Bonchev–Trinajstić information content (AvgIpc) is 2.32. The fraction of sp³-hybridized carbons (Fsp3) is 0.333. The summed E-state index contributed by atoms with van der Waals surface area (Å²) in [6.07, 6.45) is 0. The Morgan fingerprint density at radius 1 is 1.41 bits per heavy atom. The van der Waals surface area contributed by atoms with Crippen LogP contribution in [0, 0.1) is 0 Å². The number of hydrogen-bond acceptors (Lipinski definition) is 3. The SMILES string of the molecule is CN(C)C(=O)CN1C(=O)CNc2ccccc21. The number of nitrogens with one attached hydrogen (secondary N) is 1. The number of rotatable bonds is 2. The number of carbonyl (C=O) groups is 2. The van der Waals surface area contributed by atoms with E-state index in [1.54, 1.807) is 14.1 Å². The van der Waals surface area contributed by atoms with Gasteiger partial charge in [-0.25, -0.2) is 0 Å². The van der Waals surface area contributed by atoms with Gasteiger partial charge in [0.25, 0.3) is 0 Å². The molecule has 1 aliphatic heterocycles. The van der Waals surface area contributed by atoms with Crippen LogP contribution in [0.25, 0.3) is 0 Å². The van der Waals surface area contributed by atoms with Gasteiger partial charge < -0.3 is 10.2 Å². The molecule has 0 fully saturated rings. The van der Waals surface area contributed by atoms with E-state index in [1.165, 1.54) is 9.80 Å². The van der Waals surface area contributed by atoms with E-state index < -0.39 is 0 Å². The first-order valence-electron chi connectivity index (χ1n) is 5.43. The third kappa shape index (κ3) is 2.22. The molecule has 0 aromatic heterocycles. The molecule has 0 bridgehead atoms. The molecule has 2 amide bonds. The Morgan fingerprint density at radius 2 is 2.12 bits per heavy atom. The van der Waals surface area contributed by atoms with Crippen LogP contribution in [-0.4, -0.2) is 43.9 Å². The van der Waals surface area contributed by atoms with E-state index in [1.807, 2.05) is 24.3 Å². The van der Waals surface area contributed by atoms with Gasteiger partial charge in [0, 0.05) is 14.1 Å². The summed E-state index contributed by atoms with van der Waals surface area (Å²) in [6.45, 7) is 0.322. The maximum Gasteiger partial charge on any atom is 0.246 e. The summed E-state index contributed by atoms with van der Waals surface area (Å²) >= 11 is 0. The minimum Gasteiger partial charge on any atom is -0.374 e. The number of likely N-dealkylation sites (N-methyl/N-ethyl adjacent to an activating group) is 1. The van der Waals surface area contributed by atoms with E-state index in [9.17, 15) is 9.59 Å². The molecular weight excluding hydrogens is 218 g/mol. The number of nitrogens with zero attached hydrogens (tertiary/aromatic N) is 2. The van der Waals surface area contributed by atoms with Gasteiger partial charge in [-0.05, 0) is 12.1 Å². The standard InChI is InChI=1S/C12H15N3O2/c1-14(2)12(17)8-15-10-6-4-3-5-9(10)13-7-11(15)16/h3-6,13H,7-8H2,1-2H3. The summed E-state index contributed by atoms with van der Waals surface area (Å²) in [5, 5.41) is 3.03. The van der Waals surface area contributed by atoms with Crippen molar-refractivity contribution >= 4 is 23.2 Å². The van der Waals surface area contributed by atoms with Crippen molar-refractivity contribution in [3.8, 4) is 0 Å². The second-order valence-corrected chi connectivity index (χ2v) is 4.14. The summed E-state index contributed by atoms with van der Waals surface area (Å²) in [4.78, 5) is 26.5. The molecule has 0 atom stereocenters. The Bertz CT molecular complexity index is 457. The number of amides is 2. The molecule has 90 valence electrons. The Hall–Kier alpha value is -2.04. The number of carbonyl (C=O) groups excluding carboxylic acids is 2. The van der Waals surface area contributed by atoms with E-state index >= 15 is 0 Å². The average molecular weight is 233 g/mol. The van der Waals surface area contributed by atoms with Crippen LogP contribution in [0.2, 0.25) is 0 Å². The molecule has 1 N–H and O–H groups in total. The summed E-state index contributed by atoms with van der Waals surface area (Å²) in [7, 11) is 3.36. The van der Waals surface area contributed by atoms with Crippen molar-refractivity contribution in [1.82, 2.24) is 4.90 Å². The zero-order chi connectivity index (χ0) is 12.4. The molecule has 0 spiro atoms. The molecular formula is C12H15N3O2. The van der Waals surface area contributed by atoms with Crippen LogP contribution in [0.3, 0.4) is 0 Å². The van der Waals surface area contributed by atoms with Crippen molar-refractivity contribution in [2.75, 3.05) is 37.4 Å². The first-order valence-corrected chi connectivity index (χ1v) is 5.43. The second kappa shape index (κ2) is 4.45. The minimum absolute atomic E-state index is 0.0844. The second-order valence-electron chi connectivity index (χ2n) is 4.14. The highest BCUT2D eigenvalue weighted by molar-refractivity contribution is 6.05. The van der Waals surface area contributed by atoms with Crippen molar-refractivity contribution in [2.45, 2.75) is 0 Å². The third-order valence-electron chi connectivity index (χ3n) is 2.72. The molecule has 0 radical (unpaired) electrons. The van der Waals surface area contributed by atoms with Gasteiger partial charge in [-0.1, -0.05) is 12.1 Å². The Morgan fingerprint density at radius 3 is 2.82 bits per heavy atom.